The van der Waals surface area contributed by atoms with Gasteiger partial charge in [0.25, 0.3) is 0 Å². The van der Waals surface area contributed by atoms with Gasteiger partial charge in [0.1, 0.15) is 0 Å². The van der Waals surface area contributed by atoms with Crippen LogP contribution in [-0.4, -0.2) is 19.8 Å². The van der Waals surface area contributed by atoms with Gasteiger partial charge < -0.3 is 10.1 Å². The molecule has 0 radical (unpaired) electrons. The van der Waals surface area contributed by atoms with Crippen LogP contribution < -0.4 is 5.32 Å². The van der Waals surface area contributed by atoms with Gasteiger partial charge in [-0.3, -0.25) is 0 Å². The van der Waals surface area contributed by atoms with Crippen molar-refractivity contribution in [3.8, 4) is 0 Å². The molecule has 2 nitrogen and oxygen atoms in total. The maximum absolute atomic E-state index is 6.07. The van der Waals surface area contributed by atoms with Crippen LogP contribution in [0.15, 0.2) is 9.85 Å². The van der Waals surface area contributed by atoms with E-state index in [-0.39, 0.29) is 0 Å². The molecule has 0 amide bonds. The molecule has 1 aromatic rings. The van der Waals surface area contributed by atoms with Crippen LogP contribution in [0.1, 0.15) is 36.6 Å². The Morgan fingerprint density at radius 1 is 1.71 bits per heavy atom. The fourth-order valence-corrected chi connectivity index (χ4v) is 4.08. The highest BCUT2D eigenvalue weighted by atomic mass is 79.9. The first-order valence-corrected chi connectivity index (χ1v) is 7.93. The van der Waals surface area contributed by atoms with E-state index in [1.165, 1.54) is 17.7 Å². The molecule has 2 unspecified atom stereocenters. The molecule has 2 atom stereocenters. The van der Waals surface area contributed by atoms with Gasteiger partial charge in [-0.05, 0) is 54.7 Å². The van der Waals surface area contributed by atoms with Crippen molar-refractivity contribution < 1.29 is 4.74 Å². The van der Waals surface area contributed by atoms with Crippen LogP contribution in [0.25, 0.3) is 0 Å². The van der Waals surface area contributed by atoms with Gasteiger partial charge in [-0.25, -0.2) is 0 Å². The van der Waals surface area contributed by atoms with Crippen molar-refractivity contribution in [2.75, 3.05) is 13.7 Å². The molecule has 2 heterocycles. The summed E-state index contributed by atoms with van der Waals surface area (Å²) in [5.74, 6) is 0. The highest BCUT2D eigenvalue weighted by Gasteiger charge is 2.19. The summed E-state index contributed by atoms with van der Waals surface area (Å²) in [5.41, 5.74) is 0. The zero-order chi connectivity index (χ0) is 12.3. The van der Waals surface area contributed by atoms with E-state index in [0.29, 0.717) is 12.1 Å². The molecule has 0 saturated carbocycles. The average Bonchev–Trinajstić information content (AvgIpc) is 2.91. The molecule has 0 aromatic carbocycles. The molecule has 0 spiro atoms. The van der Waals surface area contributed by atoms with Crippen LogP contribution in [0.2, 0.25) is 5.02 Å². The molecule has 0 bridgehead atoms. The van der Waals surface area contributed by atoms with Gasteiger partial charge in [0.15, 0.2) is 0 Å². The van der Waals surface area contributed by atoms with Crippen LogP contribution >= 0.6 is 38.9 Å². The summed E-state index contributed by atoms with van der Waals surface area (Å²) < 4.78 is 6.67. The molecule has 96 valence electrons. The van der Waals surface area contributed by atoms with Gasteiger partial charge in [0, 0.05) is 17.5 Å². The highest BCUT2D eigenvalue weighted by molar-refractivity contribution is 9.11. The number of ether oxygens (including phenoxy) is 1. The van der Waals surface area contributed by atoms with E-state index in [1.807, 2.05) is 13.1 Å². The molecular formula is C12H17BrClNOS. The minimum Gasteiger partial charge on any atom is -0.378 e. The van der Waals surface area contributed by atoms with Gasteiger partial charge in [-0.2, -0.15) is 0 Å². The summed E-state index contributed by atoms with van der Waals surface area (Å²) in [5, 5.41) is 4.17. The second-order valence-corrected chi connectivity index (χ2v) is 7.13. The van der Waals surface area contributed by atoms with Crippen molar-refractivity contribution in [2.45, 2.75) is 37.8 Å². The summed E-state index contributed by atoms with van der Waals surface area (Å²) in [6, 6.07) is 2.43. The Hall–Kier alpha value is 0.390. The monoisotopic (exact) mass is 337 g/mol. The van der Waals surface area contributed by atoms with Crippen molar-refractivity contribution in [2.24, 2.45) is 0 Å². The third-order valence-corrected chi connectivity index (χ3v) is 5.75. The smallest absolute Gasteiger partial charge is 0.0887 e. The van der Waals surface area contributed by atoms with Crippen molar-refractivity contribution in [3.05, 3.63) is 19.8 Å². The van der Waals surface area contributed by atoms with E-state index in [1.54, 1.807) is 11.3 Å². The Balaban J connectivity index is 1.91. The highest BCUT2D eigenvalue weighted by Crippen LogP contribution is 2.36. The Labute approximate surface area is 120 Å². The molecule has 1 N–H and O–H groups in total. The molecule has 1 aliphatic heterocycles. The summed E-state index contributed by atoms with van der Waals surface area (Å²) >= 11 is 11.2. The predicted octanol–water partition coefficient (Wildman–Crippen LogP) is 4.38. The minimum absolute atomic E-state index is 0.382. The molecular weight excluding hydrogens is 322 g/mol. The molecule has 0 aliphatic carbocycles. The average molecular weight is 339 g/mol. The number of halogens is 2. The van der Waals surface area contributed by atoms with Crippen LogP contribution in [0.5, 0.6) is 0 Å². The Bertz CT molecular complexity index is 346. The van der Waals surface area contributed by atoms with Gasteiger partial charge in [-0.15, -0.1) is 11.3 Å². The lowest BCUT2D eigenvalue weighted by molar-refractivity contribution is 0.0999. The quantitative estimate of drug-likeness (QED) is 0.860. The van der Waals surface area contributed by atoms with Crippen molar-refractivity contribution >= 4 is 38.9 Å². The molecule has 5 heteroatoms. The summed E-state index contributed by atoms with van der Waals surface area (Å²) in [6.45, 7) is 0.936. The molecule has 2 rings (SSSR count). The Morgan fingerprint density at radius 2 is 2.53 bits per heavy atom. The summed E-state index contributed by atoms with van der Waals surface area (Å²) in [7, 11) is 2.00. The van der Waals surface area contributed by atoms with Gasteiger partial charge >= 0.3 is 0 Å². The van der Waals surface area contributed by atoms with Crippen molar-refractivity contribution in [1.82, 2.24) is 5.32 Å². The third kappa shape index (κ3) is 3.67. The number of thiophene rings is 1. The van der Waals surface area contributed by atoms with E-state index in [9.17, 15) is 0 Å². The first-order valence-electron chi connectivity index (χ1n) is 5.94. The van der Waals surface area contributed by atoms with Gasteiger partial charge in [-0.1, -0.05) is 11.6 Å². The van der Waals surface area contributed by atoms with E-state index >= 15 is 0 Å². The fraction of sp³-hybridized carbons (Fsp3) is 0.667. The fourth-order valence-electron chi connectivity index (χ4n) is 2.19. The normalized spacial score (nSPS) is 21.9. The lowest BCUT2D eigenvalue weighted by Crippen LogP contribution is -2.17. The van der Waals surface area contributed by atoms with E-state index < -0.39 is 0 Å². The largest absolute Gasteiger partial charge is 0.378 e. The lowest BCUT2D eigenvalue weighted by Gasteiger charge is -2.16. The SMILES string of the molecule is CNC(CCC1CCCO1)c1cc(Cl)c(Br)s1. The summed E-state index contributed by atoms with van der Waals surface area (Å²) in [4.78, 5) is 1.29. The van der Waals surface area contributed by atoms with Crippen LogP contribution in [0.4, 0.5) is 0 Å². The first-order chi connectivity index (χ1) is 8.20. The standard InChI is InChI=1S/C12H17BrClNOS/c1-15-10(5-4-8-3-2-6-16-8)11-7-9(14)12(13)17-11/h7-8,10,15H,2-6H2,1H3. The molecule has 1 aromatic heterocycles. The van der Waals surface area contributed by atoms with Crippen molar-refractivity contribution in [3.63, 3.8) is 0 Å². The lowest BCUT2D eigenvalue weighted by atomic mass is 10.1. The zero-order valence-corrected chi connectivity index (χ0v) is 13.0. The second-order valence-electron chi connectivity index (χ2n) is 4.32. The Kier molecular flexibility index (Phi) is 5.30. The van der Waals surface area contributed by atoms with E-state index in [0.717, 1.165) is 28.3 Å². The van der Waals surface area contributed by atoms with E-state index in [4.69, 9.17) is 16.3 Å². The second kappa shape index (κ2) is 6.53. The molecule has 1 aliphatic rings. The number of hydrogen-bond acceptors (Lipinski definition) is 3. The molecule has 17 heavy (non-hydrogen) atoms. The topological polar surface area (TPSA) is 21.3 Å². The maximum Gasteiger partial charge on any atom is 0.0887 e. The Morgan fingerprint density at radius 3 is 3.06 bits per heavy atom. The first kappa shape index (κ1) is 13.8. The zero-order valence-electron chi connectivity index (χ0n) is 9.84. The maximum atomic E-state index is 6.07. The summed E-state index contributed by atoms with van der Waals surface area (Å²) in [6.07, 6.45) is 5.12. The van der Waals surface area contributed by atoms with Crippen LogP contribution in [0.3, 0.4) is 0 Å². The number of rotatable bonds is 5. The molecule has 1 fully saturated rings. The van der Waals surface area contributed by atoms with Gasteiger partial charge in [0.05, 0.1) is 14.9 Å². The van der Waals surface area contributed by atoms with Crippen molar-refractivity contribution in [1.29, 1.82) is 0 Å². The number of nitrogens with one attached hydrogen (secondary N) is 1. The predicted molar refractivity (Wildman–Crippen MR) is 77.0 cm³/mol. The third-order valence-electron chi connectivity index (χ3n) is 3.16. The van der Waals surface area contributed by atoms with E-state index in [2.05, 4.69) is 21.2 Å². The van der Waals surface area contributed by atoms with Crippen LogP contribution in [-0.2, 0) is 4.74 Å². The number of hydrogen-bond donors (Lipinski definition) is 1. The molecule has 1 saturated heterocycles. The minimum atomic E-state index is 0.382. The van der Waals surface area contributed by atoms with Gasteiger partial charge in [0.2, 0.25) is 0 Å². The van der Waals surface area contributed by atoms with Crippen LogP contribution in [0, 0.1) is 0 Å².